The molecule has 1 fully saturated rings. The van der Waals surface area contributed by atoms with Crippen LogP contribution in [-0.4, -0.2) is 56.2 Å². The van der Waals surface area contributed by atoms with E-state index in [4.69, 9.17) is 22.1 Å². The summed E-state index contributed by atoms with van der Waals surface area (Å²) < 4.78 is 34.0. The van der Waals surface area contributed by atoms with Crippen molar-refractivity contribution in [3.05, 3.63) is 70.7 Å². The van der Waals surface area contributed by atoms with Gasteiger partial charge in [0.1, 0.15) is 6.10 Å². The first kappa shape index (κ1) is 37.1. The van der Waals surface area contributed by atoms with Gasteiger partial charge in [0, 0.05) is 30.2 Å². The van der Waals surface area contributed by atoms with Crippen LogP contribution >= 0.6 is 11.6 Å². The predicted molar refractivity (Wildman–Crippen MR) is 158 cm³/mol. The fourth-order valence-electron chi connectivity index (χ4n) is 3.91. The summed E-state index contributed by atoms with van der Waals surface area (Å²) in [4.78, 5) is 55.6. The van der Waals surface area contributed by atoms with E-state index < -0.39 is 41.6 Å². The van der Waals surface area contributed by atoms with E-state index in [9.17, 15) is 32.8 Å². The number of hydrogen-bond acceptors (Lipinski definition) is 6. The number of unbranched alkanes of at least 4 members (excludes halogenated alkanes) is 1. The Bertz CT molecular complexity index is 1200. The van der Waals surface area contributed by atoms with Crippen molar-refractivity contribution in [2.24, 2.45) is 11.7 Å². The minimum absolute atomic E-state index is 0.000432. The monoisotopic (exact) mass is 624 g/mol. The molecule has 1 saturated heterocycles. The Kier molecular flexibility index (Phi) is 16.7. The van der Waals surface area contributed by atoms with Gasteiger partial charge in [-0.25, -0.2) is 0 Å². The van der Waals surface area contributed by atoms with Crippen molar-refractivity contribution in [2.45, 2.75) is 57.6 Å². The van der Waals surface area contributed by atoms with E-state index in [0.29, 0.717) is 24.9 Å². The second-order valence-electron chi connectivity index (χ2n) is 9.52. The topological polar surface area (TPSA) is 157 Å². The molecule has 3 atom stereocenters. The maximum atomic E-state index is 14.5. The fourth-order valence-corrected chi connectivity index (χ4v) is 4.10. The molecule has 0 radical (unpaired) electrons. The zero-order valence-corrected chi connectivity index (χ0v) is 25.2. The van der Waals surface area contributed by atoms with E-state index >= 15 is 0 Å². The number of hydrogen-bond donors (Lipinski definition) is 4. The Hall–Kier alpha value is -3.90. The minimum Gasteiger partial charge on any atom is -0.370 e. The summed E-state index contributed by atoms with van der Waals surface area (Å²) in [6, 6.07) is 12.9. The number of nitrogens with two attached hydrogens (primary N) is 1. The third-order valence-corrected chi connectivity index (χ3v) is 6.54. The molecule has 0 spiro atoms. The maximum absolute atomic E-state index is 14.5. The zero-order valence-electron chi connectivity index (χ0n) is 24.4. The Balaban J connectivity index is 0.000000383. The summed E-state index contributed by atoms with van der Waals surface area (Å²) in [5.41, 5.74) is 5.18. The second kappa shape index (κ2) is 19.3. The highest BCUT2D eigenvalue weighted by Crippen LogP contribution is 2.43. The molecular weight excluding hydrogens is 586 g/mol. The largest absolute Gasteiger partial charge is 0.370 e. The van der Waals surface area contributed by atoms with Crippen LogP contribution in [0.15, 0.2) is 54.6 Å². The van der Waals surface area contributed by atoms with Crippen LogP contribution in [0.3, 0.4) is 0 Å². The van der Waals surface area contributed by atoms with Crippen LogP contribution in [0.5, 0.6) is 0 Å². The van der Waals surface area contributed by atoms with Crippen molar-refractivity contribution in [1.29, 1.82) is 0 Å². The molecule has 3 unspecified atom stereocenters. The van der Waals surface area contributed by atoms with Crippen LogP contribution in [0.4, 0.5) is 8.78 Å². The molecule has 0 aromatic heterocycles. The number of nitrogens with one attached hydrogen (secondary N) is 3. The number of rotatable bonds is 13. The molecule has 236 valence electrons. The van der Waals surface area contributed by atoms with Gasteiger partial charge in [0.25, 0.3) is 5.91 Å². The molecule has 1 aliphatic heterocycles. The molecular formula is C30H39ClF2N4O6. The molecule has 10 nitrogen and oxygen atoms in total. The average molecular weight is 625 g/mol. The van der Waals surface area contributed by atoms with Gasteiger partial charge in [-0.3, -0.25) is 24.0 Å². The predicted octanol–water partition coefficient (Wildman–Crippen LogP) is 3.42. The molecule has 4 amide bonds. The zero-order chi connectivity index (χ0) is 32.4. The highest BCUT2D eigenvalue weighted by Gasteiger charge is 2.43. The third-order valence-electron chi connectivity index (χ3n) is 6.30. The van der Waals surface area contributed by atoms with Crippen molar-refractivity contribution in [1.82, 2.24) is 16.0 Å². The van der Waals surface area contributed by atoms with Gasteiger partial charge in [-0.2, -0.15) is 8.78 Å². The summed E-state index contributed by atoms with van der Waals surface area (Å²) in [7, 11) is 1.27. The van der Waals surface area contributed by atoms with Crippen molar-refractivity contribution in [2.75, 3.05) is 20.2 Å². The molecule has 1 heterocycles. The minimum atomic E-state index is -3.15. The van der Waals surface area contributed by atoms with Gasteiger partial charge in [-0.1, -0.05) is 80.8 Å². The highest BCUT2D eigenvalue weighted by molar-refractivity contribution is 6.37. The van der Waals surface area contributed by atoms with Crippen molar-refractivity contribution < 1.29 is 37.5 Å². The number of alkyl halides is 2. The second-order valence-corrected chi connectivity index (χ2v) is 9.96. The van der Waals surface area contributed by atoms with Gasteiger partial charge in [0.15, 0.2) is 0 Å². The SMILES string of the molecule is CCCC.COC(c1ccccc1)C(F)(F)c1cccc(Cl)c1.NC(=O)C(=O)C(CC1CCNC1=O)NC(=O)CNC=O. The number of halogens is 3. The number of primary amides is 1. The lowest BCUT2D eigenvalue weighted by atomic mass is 9.95. The fraction of sp³-hybridized carbons (Fsp3) is 0.433. The van der Waals surface area contributed by atoms with Gasteiger partial charge in [0.05, 0.1) is 12.6 Å². The molecule has 1 aliphatic rings. The lowest BCUT2D eigenvalue weighted by Crippen LogP contribution is -2.49. The number of ether oxygens (including phenoxy) is 1. The summed E-state index contributed by atoms with van der Waals surface area (Å²) in [6.07, 6.45) is 2.14. The molecule has 0 aliphatic carbocycles. The van der Waals surface area contributed by atoms with Crippen LogP contribution < -0.4 is 21.7 Å². The van der Waals surface area contributed by atoms with Crippen LogP contribution in [-0.2, 0) is 34.6 Å². The number of benzene rings is 2. The standard InChI is InChI=1S/C15H13ClF2O.C11H16N4O5.C4H10/c1-19-14(11-6-3-2-4-7-11)15(17,18)12-8-5-9-13(16)10-12;12-10(19)9(18)7(15-8(17)4-13-5-16)3-6-1-2-14-11(6)20;1-3-4-2/h2-10,14H,1H3;5-7H,1-4H2,(H2,12,19)(H,13,16)(H,14,20)(H,15,17);3-4H2,1-2H3. The number of Topliss-reactive ketones (excluding diaryl/α,β-unsaturated/α-hetero) is 1. The van der Waals surface area contributed by atoms with Gasteiger partial charge >= 0.3 is 5.92 Å². The van der Waals surface area contributed by atoms with Crippen LogP contribution in [0.2, 0.25) is 5.02 Å². The van der Waals surface area contributed by atoms with E-state index in [1.54, 1.807) is 36.4 Å². The van der Waals surface area contributed by atoms with E-state index in [2.05, 4.69) is 29.8 Å². The molecule has 5 N–H and O–H groups in total. The van der Waals surface area contributed by atoms with E-state index in [1.165, 1.54) is 38.2 Å². The van der Waals surface area contributed by atoms with Crippen molar-refractivity contribution in [3.8, 4) is 0 Å². The Morgan fingerprint density at radius 1 is 1.14 bits per heavy atom. The molecule has 3 rings (SSSR count). The number of carbonyl (C=O) groups is 5. The first-order valence-electron chi connectivity index (χ1n) is 13.7. The number of ketones is 1. The molecule has 2 aromatic rings. The summed E-state index contributed by atoms with van der Waals surface area (Å²) in [5, 5.41) is 7.29. The smallest absolute Gasteiger partial charge is 0.302 e. The quantitative estimate of drug-likeness (QED) is 0.198. The lowest BCUT2D eigenvalue weighted by molar-refractivity contribution is -0.139. The summed E-state index contributed by atoms with van der Waals surface area (Å²) in [5.74, 6) is -6.63. The van der Waals surface area contributed by atoms with E-state index in [-0.39, 0.29) is 29.5 Å². The molecule has 2 aromatic carbocycles. The molecule has 0 bridgehead atoms. The Labute approximate surface area is 255 Å². The number of methoxy groups -OCH3 is 1. The normalized spacial score (nSPS) is 15.3. The lowest BCUT2D eigenvalue weighted by Gasteiger charge is -2.26. The van der Waals surface area contributed by atoms with E-state index in [1.807, 2.05) is 0 Å². The van der Waals surface area contributed by atoms with Gasteiger partial charge in [-0.15, -0.1) is 0 Å². The summed E-state index contributed by atoms with van der Waals surface area (Å²) in [6.45, 7) is 4.52. The van der Waals surface area contributed by atoms with Gasteiger partial charge in [-0.05, 0) is 30.5 Å². The first-order chi connectivity index (χ1) is 20.4. The van der Waals surface area contributed by atoms with Crippen molar-refractivity contribution >= 4 is 41.5 Å². The number of amides is 4. The third kappa shape index (κ3) is 12.5. The Morgan fingerprint density at radius 3 is 2.28 bits per heavy atom. The van der Waals surface area contributed by atoms with Crippen molar-refractivity contribution in [3.63, 3.8) is 0 Å². The average Bonchev–Trinajstić information content (AvgIpc) is 3.40. The molecule has 0 saturated carbocycles. The van der Waals surface area contributed by atoms with Crippen LogP contribution in [0, 0.1) is 5.92 Å². The summed E-state index contributed by atoms with van der Waals surface area (Å²) >= 11 is 5.77. The van der Waals surface area contributed by atoms with Crippen LogP contribution in [0.25, 0.3) is 0 Å². The number of carbonyl (C=O) groups excluding carboxylic acids is 5. The highest BCUT2D eigenvalue weighted by atomic mass is 35.5. The first-order valence-corrected chi connectivity index (χ1v) is 14.1. The van der Waals surface area contributed by atoms with Gasteiger partial charge < -0.3 is 26.4 Å². The van der Waals surface area contributed by atoms with Crippen LogP contribution in [0.1, 0.15) is 56.8 Å². The maximum Gasteiger partial charge on any atom is 0.302 e. The molecule has 43 heavy (non-hydrogen) atoms. The Morgan fingerprint density at radius 2 is 1.79 bits per heavy atom. The van der Waals surface area contributed by atoms with Gasteiger partial charge in [0.2, 0.25) is 24.0 Å². The van der Waals surface area contributed by atoms with E-state index in [0.717, 1.165) is 0 Å². The molecule has 13 heteroatoms.